The van der Waals surface area contributed by atoms with Gasteiger partial charge in [-0.05, 0) is 17.7 Å². The Bertz CT molecular complexity index is 844. The maximum Gasteiger partial charge on any atom is 0.331 e. The summed E-state index contributed by atoms with van der Waals surface area (Å²) in [5, 5.41) is 0. The number of nitrogens with two attached hydrogens (primary N) is 1. The third-order valence-corrected chi connectivity index (χ3v) is 4.02. The molecule has 7 nitrogen and oxygen atoms in total. The van der Waals surface area contributed by atoms with E-state index < -0.39 is 36.2 Å². The Kier molecular flexibility index (Phi) is 4.90. The number of rotatable bonds is 6. The average molecular weight is 352 g/mol. The number of carbonyl (C=O) groups excluding carboxylic acids is 4. The van der Waals surface area contributed by atoms with E-state index in [0.717, 1.165) is 10.5 Å². The Morgan fingerprint density at radius 3 is 2.04 bits per heavy atom. The van der Waals surface area contributed by atoms with Crippen molar-refractivity contribution in [2.24, 2.45) is 5.73 Å². The summed E-state index contributed by atoms with van der Waals surface area (Å²) in [4.78, 5) is 49.5. The van der Waals surface area contributed by atoms with Crippen LogP contribution in [-0.4, -0.2) is 41.1 Å². The zero-order valence-electron chi connectivity index (χ0n) is 13.8. The van der Waals surface area contributed by atoms with Crippen molar-refractivity contribution in [3.05, 3.63) is 71.3 Å². The molecule has 0 unspecified atom stereocenters. The monoisotopic (exact) mass is 352 g/mol. The summed E-state index contributed by atoms with van der Waals surface area (Å²) in [6, 6.07) is 13.6. The molecule has 0 saturated heterocycles. The van der Waals surface area contributed by atoms with Crippen LogP contribution in [0.5, 0.6) is 0 Å². The molecule has 1 heterocycles. The highest BCUT2D eigenvalue weighted by Gasteiger charge is 2.38. The lowest BCUT2D eigenvalue weighted by molar-refractivity contribution is -0.149. The molecule has 1 aliphatic rings. The van der Waals surface area contributed by atoms with E-state index in [0.29, 0.717) is 0 Å². The minimum atomic E-state index is -1.57. The average Bonchev–Trinajstić information content (AvgIpc) is 2.91. The molecule has 0 aliphatic carbocycles. The fourth-order valence-electron chi connectivity index (χ4n) is 2.59. The molecule has 3 rings (SSSR count). The van der Waals surface area contributed by atoms with Crippen molar-refractivity contribution in [3.8, 4) is 0 Å². The van der Waals surface area contributed by atoms with E-state index >= 15 is 0 Å². The van der Waals surface area contributed by atoms with E-state index in [1.165, 1.54) is 12.1 Å². The van der Waals surface area contributed by atoms with E-state index in [4.69, 9.17) is 10.5 Å². The number of esters is 1. The largest absolute Gasteiger partial charge is 0.459 e. The van der Waals surface area contributed by atoms with Gasteiger partial charge < -0.3 is 10.5 Å². The number of imide groups is 1. The smallest absolute Gasteiger partial charge is 0.331 e. The quantitative estimate of drug-likeness (QED) is 0.471. The molecule has 2 aromatic rings. The number of carbonyl (C=O) groups is 4. The van der Waals surface area contributed by atoms with Crippen LogP contribution in [0.2, 0.25) is 0 Å². The summed E-state index contributed by atoms with van der Waals surface area (Å²) in [6.45, 7) is -0.596. The van der Waals surface area contributed by atoms with Crippen LogP contribution in [0, 0.1) is 0 Å². The first-order chi connectivity index (χ1) is 12.5. The van der Waals surface area contributed by atoms with Gasteiger partial charge in [-0.1, -0.05) is 42.5 Å². The zero-order chi connectivity index (χ0) is 18.7. The first kappa shape index (κ1) is 17.5. The van der Waals surface area contributed by atoms with Crippen LogP contribution in [0.25, 0.3) is 0 Å². The van der Waals surface area contributed by atoms with Crippen LogP contribution in [0.4, 0.5) is 0 Å². The molecule has 2 aromatic carbocycles. The third-order valence-electron chi connectivity index (χ3n) is 4.02. The van der Waals surface area contributed by atoms with Gasteiger partial charge in [-0.15, -0.1) is 0 Å². The molecule has 0 aromatic heterocycles. The highest BCUT2D eigenvalue weighted by Crippen LogP contribution is 2.22. The maximum atomic E-state index is 12.2. The van der Waals surface area contributed by atoms with E-state index in [-0.39, 0.29) is 17.7 Å². The van der Waals surface area contributed by atoms with Crippen LogP contribution >= 0.6 is 0 Å². The normalized spacial score (nSPS) is 14.1. The van der Waals surface area contributed by atoms with Crippen LogP contribution in [0.15, 0.2) is 54.6 Å². The second kappa shape index (κ2) is 7.28. The predicted octanol–water partition coefficient (Wildman–Crippen LogP) is 0.922. The van der Waals surface area contributed by atoms with Crippen molar-refractivity contribution < 1.29 is 23.9 Å². The minimum absolute atomic E-state index is 0.0202. The van der Waals surface area contributed by atoms with Gasteiger partial charge in [0, 0.05) is 0 Å². The number of hydrogen-bond acceptors (Lipinski definition) is 6. The van der Waals surface area contributed by atoms with Gasteiger partial charge in [0.25, 0.3) is 11.8 Å². The van der Waals surface area contributed by atoms with Gasteiger partial charge >= 0.3 is 5.97 Å². The topological polar surface area (TPSA) is 107 Å². The molecule has 1 aliphatic heterocycles. The van der Waals surface area contributed by atoms with Crippen molar-refractivity contribution in [3.63, 3.8) is 0 Å². The summed E-state index contributed by atoms with van der Waals surface area (Å²) < 4.78 is 5.02. The molecule has 0 fully saturated rings. The summed E-state index contributed by atoms with van der Waals surface area (Å²) in [5.74, 6) is -2.83. The maximum absolute atomic E-state index is 12.2. The lowest BCUT2D eigenvalue weighted by atomic mass is 10.1. The molecule has 0 radical (unpaired) electrons. The van der Waals surface area contributed by atoms with Crippen molar-refractivity contribution in [1.29, 1.82) is 0 Å². The molecule has 132 valence electrons. The highest BCUT2D eigenvalue weighted by molar-refractivity contribution is 6.23. The number of ketones is 1. The van der Waals surface area contributed by atoms with Crippen molar-refractivity contribution in [2.75, 3.05) is 6.54 Å². The van der Waals surface area contributed by atoms with Crippen LogP contribution < -0.4 is 5.73 Å². The molecule has 1 atom stereocenters. The third kappa shape index (κ3) is 3.38. The van der Waals surface area contributed by atoms with Crippen molar-refractivity contribution >= 4 is 23.6 Å². The number of benzene rings is 2. The fraction of sp³-hybridized carbons (Fsp3) is 0.158. The van der Waals surface area contributed by atoms with Gasteiger partial charge in [-0.25, -0.2) is 4.79 Å². The Morgan fingerprint density at radius 1 is 0.923 bits per heavy atom. The van der Waals surface area contributed by atoms with E-state index in [9.17, 15) is 19.2 Å². The Hall–Kier alpha value is -3.32. The second-order valence-electron chi connectivity index (χ2n) is 5.78. The molecule has 2 N–H and O–H groups in total. The number of Topliss-reactive ketones (excluding diaryl/α,β-unsaturated/α-hetero) is 1. The predicted molar refractivity (Wildman–Crippen MR) is 91.0 cm³/mol. The number of nitrogens with zero attached hydrogens (tertiary/aromatic N) is 1. The number of amides is 2. The van der Waals surface area contributed by atoms with Gasteiger partial charge in [-0.3, -0.25) is 19.3 Å². The first-order valence-electron chi connectivity index (χ1n) is 7.93. The van der Waals surface area contributed by atoms with E-state index in [2.05, 4.69) is 0 Å². The Labute approximate surface area is 149 Å². The molecule has 26 heavy (non-hydrogen) atoms. The number of hydrogen-bond donors (Lipinski definition) is 1. The standard InChI is InChI=1S/C19H16N2O5/c20-16(19(25)26-11-12-6-2-1-3-7-12)15(22)10-21-17(23)13-8-4-5-9-14(13)18(21)24/h1-9,16H,10-11,20H2/t16-/m0/s1. The van der Waals surface area contributed by atoms with Crippen LogP contribution in [-0.2, 0) is 20.9 Å². The van der Waals surface area contributed by atoms with E-state index in [1.54, 1.807) is 36.4 Å². The summed E-state index contributed by atoms with van der Waals surface area (Å²) in [5.41, 5.74) is 6.83. The van der Waals surface area contributed by atoms with Crippen molar-refractivity contribution in [1.82, 2.24) is 4.90 Å². The van der Waals surface area contributed by atoms with Crippen LogP contribution in [0.1, 0.15) is 26.3 Å². The lowest BCUT2D eigenvalue weighted by Gasteiger charge is -2.16. The molecule has 0 saturated carbocycles. The van der Waals surface area contributed by atoms with Crippen LogP contribution in [0.3, 0.4) is 0 Å². The Morgan fingerprint density at radius 2 is 1.46 bits per heavy atom. The highest BCUT2D eigenvalue weighted by atomic mass is 16.5. The van der Waals surface area contributed by atoms with Gasteiger partial charge in [0.15, 0.2) is 11.8 Å². The summed E-state index contributed by atoms with van der Waals surface area (Å²) >= 11 is 0. The molecule has 7 heteroatoms. The van der Waals surface area contributed by atoms with E-state index in [1.807, 2.05) is 6.07 Å². The SMILES string of the molecule is N[C@@H](C(=O)CN1C(=O)c2ccccc2C1=O)C(=O)OCc1ccccc1. The summed E-state index contributed by atoms with van der Waals surface area (Å²) in [7, 11) is 0. The molecule has 0 bridgehead atoms. The molecular weight excluding hydrogens is 336 g/mol. The summed E-state index contributed by atoms with van der Waals surface area (Å²) in [6.07, 6.45) is 0. The number of fused-ring (bicyclic) bond motifs is 1. The minimum Gasteiger partial charge on any atom is -0.459 e. The van der Waals surface area contributed by atoms with Gasteiger partial charge in [-0.2, -0.15) is 0 Å². The van der Waals surface area contributed by atoms with Gasteiger partial charge in [0.2, 0.25) is 0 Å². The molecular formula is C19H16N2O5. The lowest BCUT2D eigenvalue weighted by Crippen LogP contribution is -2.46. The molecule has 0 spiro atoms. The number of ether oxygens (including phenoxy) is 1. The zero-order valence-corrected chi connectivity index (χ0v) is 13.8. The Balaban J connectivity index is 1.60. The van der Waals surface area contributed by atoms with Crippen molar-refractivity contribution in [2.45, 2.75) is 12.6 Å². The fourth-order valence-corrected chi connectivity index (χ4v) is 2.59. The van der Waals surface area contributed by atoms with Gasteiger partial charge in [0.1, 0.15) is 6.61 Å². The van der Waals surface area contributed by atoms with Gasteiger partial charge in [0.05, 0.1) is 17.7 Å². The first-order valence-corrected chi connectivity index (χ1v) is 7.93. The second-order valence-corrected chi connectivity index (χ2v) is 5.78. The molecule has 2 amide bonds.